The predicted molar refractivity (Wildman–Crippen MR) is 67.3 cm³/mol. The molecule has 2 rings (SSSR count). The highest BCUT2D eigenvalue weighted by Gasteiger charge is 2.54. The Kier molecular flexibility index (Phi) is 5.72. The summed E-state index contributed by atoms with van der Waals surface area (Å²) in [6.45, 7) is -1.84. The van der Waals surface area contributed by atoms with Crippen molar-refractivity contribution in [3.63, 3.8) is 0 Å². The highest BCUT2D eigenvalue weighted by atomic mass is 16.8. The molecule has 0 aromatic rings. The molecule has 0 saturated carbocycles. The molecule has 2 heterocycles. The second kappa shape index (κ2) is 7.01. The van der Waals surface area contributed by atoms with E-state index in [-0.39, 0.29) is 6.42 Å². The van der Waals surface area contributed by atoms with Gasteiger partial charge < -0.3 is 50.0 Å². The third-order valence-corrected chi connectivity index (χ3v) is 3.95. The van der Waals surface area contributed by atoms with Crippen LogP contribution in [0.3, 0.4) is 0 Å². The van der Waals surface area contributed by atoms with Crippen LogP contribution in [0, 0.1) is 0 Å². The van der Waals surface area contributed by atoms with E-state index in [4.69, 9.17) is 24.4 Å². The van der Waals surface area contributed by atoms with Gasteiger partial charge in [0.15, 0.2) is 6.29 Å². The first-order valence-electron chi connectivity index (χ1n) is 6.94. The largest absolute Gasteiger partial charge is 0.394 e. The zero-order valence-corrected chi connectivity index (χ0v) is 11.7. The maximum atomic E-state index is 9.98. The molecule has 0 amide bonds. The molecule has 0 bridgehead atoms. The van der Waals surface area contributed by atoms with E-state index in [1.807, 2.05) is 0 Å². The number of aliphatic hydroxyl groups is 7. The van der Waals surface area contributed by atoms with Gasteiger partial charge in [0.05, 0.1) is 19.3 Å². The number of rotatable bonds is 5. The standard InChI is InChI=1S/C12H22O10/c13-2-5-1-7(16)12(4-15,21-5)22-11-10(19)9(18)8(17)6(3-14)20-11/h5-11,13-19H,1-4H2/t5-,6?,7?,8+,9?,10?,11+,12-/m0/s1. The lowest BCUT2D eigenvalue weighted by Gasteiger charge is -2.43. The van der Waals surface area contributed by atoms with Crippen LogP contribution in [0.1, 0.15) is 6.42 Å². The second-order valence-corrected chi connectivity index (χ2v) is 5.46. The van der Waals surface area contributed by atoms with Gasteiger partial charge in [-0.1, -0.05) is 0 Å². The van der Waals surface area contributed by atoms with Crippen molar-refractivity contribution in [1.29, 1.82) is 0 Å². The van der Waals surface area contributed by atoms with Crippen LogP contribution in [0.4, 0.5) is 0 Å². The number of hydrogen-bond donors (Lipinski definition) is 7. The predicted octanol–water partition coefficient (Wildman–Crippen LogP) is -4.37. The van der Waals surface area contributed by atoms with E-state index in [0.717, 1.165) is 0 Å². The van der Waals surface area contributed by atoms with Gasteiger partial charge in [-0.15, -0.1) is 0 Å². The first kappa shape index (κ1) is 17.9. The van der Waals surface area contributed by atoms with Gasteiger partial charge in [-0.2, -0.15) is 0 Å². The average Bonchev–Trinajstić information content (AvgIpc) is 2.84. The Hall–Kier alpha value is -0.400. The van der Waals surface area contributed by atoms with Crippen molar-refractivity contribution in [3.8, 4) is 0 Å². The first-order valence-corrected chi connectivity index (χ1v) is 6.94. The molecular formula is C12H22O10. The minimum atomic E-state index is -1.94. The van der Waals surface area contributed by atoms with Crippen LogP contribution in [-0.2, 0) is 14.2 Å². The fourth-order valence-corrected chi connectivity index (χ4v) is 2.60. The van der Waals surface area contributed by atoms with E-state index in [9.17, 15) is 25.5 Å². The van der Waals surface area contributed by atoms with Crippen molar-refractivity contribution >= 4 is 0 Å². The summed E-state index contributed by atoms with van der Waals surface area (Å²) < 4.78 is 15.7. The van der Waals surface area contributed by atoms with E-state index < -0.39 is 68.5 Å². The Bertz CT molecular complexity index is 366. The van der Waals surface area contributed by atoms with Gasteiger partial charge in [0.1, 0.15) is 37.1 Å². The van der Waals surface area contributed by atoms with Crippen LogP contribution < -0.4 is 0 Å². The zero-order valence-electron chi connectivity index (χ0n) is 11.7. The molecule has 2 aliphatic heterocycles. The number of ether oxygens (including phenoxy) is 3. The number of hydrogen-bond acceptors (Lipinski definition) is 10. The first-order chi connectivity index (χ1) is 10.4. The molecule has 130 valence electrons. The van der Waals surface area contributed by atoms with Crippen molar-refractivity contribution in [2.75, 3.05) is 19.8 Å². The smallest absolute Gasteiger partial charge is 0.221 e. The lowest BCUT2D eigenvalue weighted by molar-refractivity contribution is -0.383. The number of aliphatic hydroxyl groups excluding tert-OH is 7. The molecule has 0 radical (unpaired) electrons. The van der Waals surface area contributed by atoms with E-state index in [0.29, 0.717) is 0 Å². The van der Waals surface area contributed by atoms with Gasteiger partial charge in [0.25, 0.3) is 0 Å². The van der Waals surface area contributed by atoms with Gasteiger partial charge in [0, 0.05) is 6.42 Å². The van der Waals surface area contributed by atoms with Crippen molar-refractivity contribution < 1.29 is 50.0 Å². The Morgan fingerprint density at radius 2 is 1.64 bits per heavy atom. The summed E-state index contributed by atoms with van der Waals surface area (Å²) in [4.78, 5) is 0. The minimum absolute atomic E-state index is 0.00547. The summed E-state index contributed by atoms with van der Waals surface area (Å²) in [5, 5.41) is 66.9. The van der Waals surface area contributed by atoms with Crippen molar-refractivity contribution in [2.45, 2.75) is 55.1 Å². The Labute approximate surface area is 126 Å². The van der Waals surface area contributed by atoms with Crippen LogP contribution in [-0.4, -0.2) is 104 Å². The van der Waals surface area contributed by atoms with E-state index in [1.54, 1.807) is 0 Å². The summed E-state index contributed by atoms with van der Waals surface area (Å²) in [5.41, 5.74) is 0. The molecule has 0 spiro atoms. The zero-order chi connectivity index (χ0) is 16.5. The highest BCUT2D eigenvalue weighted by molar-refractivity contribution is 4.93. The summed E-state index contributed by atoms with van der Waals surface area (Å²) in [5.74, 6) is -1.94. The Morgan fingerprint density at radius 1 is 0.955 bits per heavy atom. The average molecular weight is 326 g/mol. The highest BCUT2D eigenvalue weighted by Crippen LogP contribution is 2.35. The van der Waals surface area contributed by atoms with E-state index in [2.05, 4.69) is 0 Å². The summed E-state index contributed by atoms with van der Waals surface area (Å²) in [6, 6.07) is 0. The van der Waals surface area contributed by atoms with Crippen molar-refractivity contribution in [1.82, 2.24) is 0 Å². The fourth-order valence-electron chi connectivity index (χ4n) is 2.60. The molecule has 8 atom stereocenters. The molecule has 7 N–H and O–H groups in total. The summed E-state index contributed by atoms with van der Waals surface area (Å²) in [6.07, 6.45) is -9.72. The molecule has 22 heavy (non-hydrogen) atoms. The molecule has 4 unspecified atom stereocenters. The maximum absolute atomic E-state index is 9.98. The normalized spacial score (nSPS) is 49.5. The lowest BCUT2D eigenvalue weighted by Crippen LogP contribution is -2.62. The quantitative estimate of drug-likeness (QED) is 0.262. The molecule has 10 heteroatoms. The topological polar surface area (TPSA) is 169 Å². The Morgan fingerprint density at radius 3 is 2.14 bits per heavy atom. The molecule has 2 saturated heterocycles. The third kappa shape index (κ3) is 3.12. The van der Waals surface area contributed by atoms with Gasteiger partial charge >= 0.3 is 0 Å². The summed E-state index contributed by atoms with van der Waals surface area (Å²) in [7, 11) is 0. The molecule has 10 nitrogen and oxygen atoms in total. The van der Waals surface area contributed by atoms with Gasteiger partial charge in [0.2, 0.25) is 5.79 Å². The fraction of sp³-hybridized carbons (Fsp3) is 1.00. The van der Waals surface area contributed by atoms with Gasteiger partial charge in [-0.25, -0.2) is 0 Å². The SMILES string of the molecule is OCC1O[C@H](O[C@]2(CO)O[C@H](CO)CC2O)C(O)C(O)[C@@H]1O. The molecular weight excluding hydrogens is 304 g/mol. The molecule has 0 aliphatic carbocycles. The Balaban J connectivity index is 2.13. The monoisotopic (exact) mass is 326 g/mol. The van der Waals surface area contributed by atoms with E-state index >= 15 is 0 Å². The van der Waals surface area contributed by atoms with Crippen LogP contribution in [0.15, 0.2) is 0 Å². The van der Waals surface area contributed by atoms with Crippen LogP contribution in [0.25, 0.3) is 0 Å². The van der Waals surface area contributed by atoms with Gasteiger partial charge in [-0.3, -0.25) is 0 Å². The van der Waals surface area contributed by atoms with Crippen LogP contribution in [0.5, 0.6) is 0 Å². The third-order valence-electron chi connectivity index (χ3n) is 3.95. The lowest BCUT2D eigenvalue weighted by atomic mass is 9.99. The minimum Gasteiger partial charge on any atom is -0.394 e. The molecule has 0 aromatic carbocycles. The molecule has 2 fully saturated rings. The van der Waals surface area contributed by atoms with Gasteiger partial charge in [-0.05, 0) is 0 Å². The summed E-state index contributed by atoms with van der Waals surface area (Å²) >= 11 is 0. The molecule has 2 aliphatic rings. The van der Waals surface area contributed by atoms with Crippen LogP contribution in [0.2, 0.25) is 0 Å². The molecule has 0 aromatic heterocycles. The van der Waals surface area contributed by atoms with Crippen molar-refractivity contribution in [3.05, 3.63) is 0 Å². The van der Waals surface area contributed by atoms with E-state index in [1.165, 1.54) is 0 Å². The maximum Gasteiger partial charge on any atom is 0.221 e. The van der Waals surface area contributed by atoms with Crippen molar-refractivity contribution in [2.24, 2.45) is 0 Å². The van der Waals surface area contributed by atoms with Crippen LogP contribution >= 0.6 is 0 Å². The second-order valence-electron chi connectivity index (χ2n) is 5.46.